The number of thioether (sulfide) groups is 1. The van der Waals surface area contributed by atoms with E-state index in [1.54, 1.807) is 6.07 Å². The standard InChI is InChI=1S/C25H37N3O3S/c1-27(20-11-5-4-6-12-20)24(30)19-32-22-14-8-7-13-21(22)25(31)26-16-15-23(29)28-17-9-2-3-10-18-28/h7-8,13-14,20H,2-6,9-12,15-19H2,1H3,(H,26,31). The lowest BCUT2D eigenvalue weighted by Crippen LogP contribution is -2.39. The largest absolute Gasteiger partial charge is 0.351 e. The fourth-order valence-corrected chi connectivity index (χ4v) is 5.52. The van der Waals surface area contributed by atoms with Gasteiger partial charge < -0.3 is 15.1 Å². The molecule has 0 aromatic heterocycles. The minimum absolute atomic E-state index is 0.111. The molecule has 3 amide bonds. The van der Waals surface area contributed by atoms with Gasteiger partial charge in [-0.1, -0.05) is 44.2 Å². The Labute approximate surface area is 196 Å². The number of likely N-dealkylation sites (tertiary alicyclic amines) is 1. The summed E-state index contributed by atoms with van der Waals surface area (Å²) >= 11 is 1.41. The third-order valence-corrected chi connectivity index (χ3v) is 7.64. The third-order valence-electron chi connectivity index (χ3n) is 6.58. The second-order valence-electron chi connectivity index (χ2n) is 8.88. The molecule has 1 aromatic carbocycles. The predicted molar refractivity (Wildman–Crippen MR) is 129 cm³/mol. The van der Waals surface area contributed by atoms with E-state index in [9.17, 15) is 14.4 Å². The molecule has 0 bridgehead atoms. The summed E-state index contributed by atoms with van der Waals surface area (Å²) in [5.41, 5.74) is 0.563. The predicted octanol–water partition coefficient (Wildman–Crippen LogP) is 4.09. The number of rotatable bonds is 8. The Morgan fingerprint density at radius 2 is 1.66 bits per heavy atom. The summed E-state index contributed by atoms with van der Waals surface area (Å²) in [4.78, 5) is 42.5. The van der Waals surface area contributed by atoms with Gasteiger partial charge >= 0.3 is 0 Å². The number of carbonyl (C=O) groups excluding carboxylic acids is 3. The summed E-state index contributed by atoms with van der Waals surface area (Å²) in [5, 5.41) is 2.89. The first-order valence-corrected chi connectivity index (χ1v) is 13.1. The van der Waals surface area contributed by atoms with Gasteiger partial charge in [-0.25, -0.2) is 0 Å². The monoisotopic (exact) mass is 459 g/mol. The van der Waals surface area contributed by atoms with E-state index >= 15 is 0 Å². The highest BCUT2D eigenvalue weighted by Gasteiger charge is 2.22. The quantitative estimate of drug-likeness (QED) is 0.595. The Balaban J connectivity index is 1.47. The van der Waals surface area contributed by atoms with Crippen LogP contribution < -0.4 is 5.32 Å². The molecule has 2 fully saturated rings. The fourth-order valence-electron chi connectivity index (χ4n) is 4.55. The molecular formula is C25H37N3O3S. The summed E-state index contributed by atoms with van der Waals surface area (Å²) < 4.78 is 0. The van der Waals surface area contributed by atoms with E-state index in [2.05, 4.69) is 5.32 Å². The van der Waals surface area contributed by atoms with Crippen LogP contribution in [0.15, 0.2) is 29.2 Å². The van der Waals surface area contributed by atoms with Crippen LogP contribution in [0.25, 0.3) is 0 Å². The highest BCUT2D eigenvalue weighted by molar-refractivity contribution is 8.00. The van der Waals surface area contributed by atoms with Crippen molar-refractivity contribution in [3.05, 3.63) is 29.8 Å². The van der Waals surface area contributed by atoms with Crippen molar-refractivity contribution < 1.29 is 14.4 Å². The molecule has 0 spiro atoms. The zero-order valence-electron chi connectivity index (χ0n) is 19.3. The molecule has 0 atom stereocenters. The van der Waals surface area contributed by atoms with Crippen LogP contribution in [0.1, 0.15) is 74.6 Å². The first-order chi connectivity index (χ1) is 15.6. The molecule has 1 saturated carbocycles. The fraction of sp³-hybridized carbons (Fsp3) is 0.640. The molecule has 176 valence electrons. The maximum Gasteiger partial charge on any atom is 0.252 e. The average Bonchev–Trinajstić information content (AvgIpc) is 3.12. The minimum Gasteiger partial charge on any atom is -0.351 e. The maximum absolute atomic E-state index is 12.8. The molecule has 1 aliphatic carbocycles. The van der Waals surface area contributed by atoms with Crippen LogP contribution in [-0.4, -0.2) is 66.0 Å². The van der Waals surface area contributed by atoms with Gasteiger partial charge in [0.15, 0.2) is 0 Å². The normalized spacial score (nSPS) is 17.5. The lowest BCUT2D eigenvalue weighted by atomic mass is 9.94. The van der Waals surface area contributed by atoms with Crippen molar-refractivity contribution in [2.24, 2.45) is 0 Å². The van der Waals surface area contributed by atoms with Crippen molar-refractivity contribution in [3.8, 4) is 0 Å². The number of carbonyl (C=O) groups is 3. The van der Waals surface area contributed by atoms with Crippen LogP contribution in [0.2, 0.25) is 0 Å². The minimum atomic E-state index is -0.190. The van der Waals surface area contributed by atoms with Crippen molar-refractivity contribution in [3.63, 3.8) is 0 Å². The van der Waals surface area contributed by atoms with E-state index in [1.165, 1.54) is 43.9 Å². The van der Waals surface area contributed by atoms with Gasteiger partial charge in [-0.15, -0.1) is 11.8 Å². The first kappa shape index (κ1) is 24.6. The molecule has 1 aliphatic heterocycles. The van der Waals surface area contributed by atoms with Gasteiger partial charge in [0.2, 0.25) is 11.8 Å². The number of nitrogens with zero attached hydrogens (tertiary/aromatic N) is 2. The molecular weight excluding hydrogens is 422 g/mol. The number of hydrogen-bond donors (Lipinski definition) is 1. The van der Waals surface area contributed by atoms with Gasteiger partial charge in [0.1, 0.15) is 0 Å². The second-order valence-corrected chi connectivity index (χ2v) is 9.90. The van der Waals surface area contributed by atoms with Crippen LogP contribution >= 0.6 is 11.8 Å². The Hall–Kier alpha value is -2.02. The molecule has 1 heterocycles. The Morgan fingerprint density at radius 3 is 2.38 bits per heavy atom. The van der Waals surface area contributed by atoms with Crippen LogP contribution in [0, 0.1) is 0 Å². The molecule has 0 unspecified atom stereocenters. The van der Waals surface area contributed by atoms with E-state index in [1.807, 2.05) is 35.0 Å². The van der Waals surface area contributed by atoms with E-state index < -0.39 is 0 Å². The second kappa shape index (κ2) is 12.9. The molecule has 3 rings (SSSR count). The molecule has 2 aliphatic rings. The zero-order chi connectivity index (χ0) is 22.8. The molecule has 7 heteroatoms. The zero-order valence-corrected chi connectivity index (χ0v) is 20.1. The number of hydrogen-bond acceptors (Lipinski definition) is 4. The van der Waals surface area contributed by atoms with Crippen LogP contribution in [0.5, 0.6) is 0 Å². The van der Waals surface area contributed by atoms with Crippen molar-refractivity contribution in [1.82, 2.24) is 15.1 Å². The maximum atomic E-state index is 12.8. The summed E-state index contributed by atoms with van der Waals surface area (Å²) in [7, 11) is 1.90. The lowest BCUT2D eigenvalue weighted by molar-refractivity contribution is -0.131. The van der Waals surface area contributed by atoms with E-state index in [0.717, 1.165) is 43.7 Å². The van der Waals surface area contributed by atoms with Gasteiger partial charge in [0.25, 0.3) is 5.91 Å². The molecule has 0 radical (unpaired) electrons. The highest BCUT2D eigenvalue weighted by atomic mass is 32.2. The lowest BCUT2D eigenvalue weighted by Gasteiger charge is -2.31. The third kappa shape index (κ3) is 7.26. The molecule has 6 nitrogen and oxygen atoms in total. The van der Waals surface area contributed by atoms with Crippen molar-refractivity contribution in [2.75, 3.05) is 32.4 Å². The smallest absolute Gasteiger partial charge is 0.252 e. The Kier molecular flexibility index (Phi) is 9.90. The molecule has 1 saturated heterocycles. The van der Waals surface area contributed by atoms with E-state index in [-0.39, 0.29) is 17.7 Å². The number of nitrogens with one attached hydrogen (secondary N) is 1. The van der Waals surface area contributed by atoms with Gasteiger partial charge in [-0.3, -0.25) is 14.4 Å². The van der Waals surface area contributed by atoms with Gasteiger partial charge in [-0.2, -0.15) is 0 Å². The highest BCUT2D eigenvalue weighted by Crippen LogP contribution is 2.25. The molecule has 1 aromatic rings. The summed E-state index contributed by atoms with van der Waals surface area (Å²) in [5.74, 6) is 0.362. The van der Waals surface area contributed by atoms with Crippen molar-refractivity contribution >= 4 is 29.5 Å². The number of benzene rings is 1. The average molecular weight is 460 g/mol. The van der Waals surface area contributed by atoms with Gasteiger partial charge in [-0.05, 0) is 37.8 Å². The Bertz CT molecular complexity index is 771. The summed E-state index contributed by atoms with van der Waals surface area (Å²) in [6.45, 7) is 1.99. The van der Waals surface area contributed by atoms with Gasteiger partial charge in [0.05, 0.1) is 11.3 Å². The van der Waals surface area contributed by atoms with Crippen LogP contribution in [-0.2, 0) is 9.59 Å². The molecule has 1 N–H and O–H groups in total. The Morgan fingerprint density at radius 1 is 1.00 bits per heavy atom. The summed E-state index contributed by atoms with van der Waals surface area (Å²) in [6, 6.07) is 7.73. The molecule has 32 heavy (non-hydrogen) atoms. The van der Waals surface area contributed by atoms with E-state index in [4.69, 9.17) is 0 Å². The first-order valence-electron chi connectivity index (χ1n) is 12.1. The van der Waals surface area contributed by atoms with Crippen molar-refractivity contribution in [1.29, 1.82) is 0 Å². The van der Waals surface area contributed by atoms with Crippen LogP contribution in [0.4, 0.5) is 0 Å². The van der Waals surface area contributed by atoms with Gasteiger partial charge in [0, 0.05) is 44.0 Å². The summed E-state index contributed by atoms with van der Waals surface area (Å²) in [6.07, 6.45) is 10.7. The SMILES string of the molecule is CN(C(=O)CSc1ccccc1C(=O)NCCC(=O)N1CCCCCC1)C1CCCCC1. The number of amides is 3. The van der Waals surface area contributed by atoms with Crippen molar-refractivity contribution in [2.45, 2.75) is 75.1 Å². The topological polar surface area (TPSA) is 69.7 Å². The van der Waals surface area contributed by atoms with Crippen LogP contribution in [0.3, 0.4) is 0 Å². The van der Waals surface area contributed by atoms with E-state index in [0.29, 0.717) is 30.3 Å².